The summed E-state index contributed by atoms with van der Waals surface area (Å²) in [4.78, 5) is 13.5. The van der Waals surface area contributed by atoms with Gasteiger partial charge in [0.15, 0.2) is 0 Å². The van der Waals surface area contributed by atoms with Crippen molar-refractivity contribution < 1.29 is 14.6 Å². The second kappa shape index (κ2) is 6.25. The minimum absolute atomic E-state index is 0.0267. The van der Waals surface area contributed by atoms with Crippen LogP contribution < -0.4 is 4.90 Å². The van der Waals surface area contributed by atoms with E-state index in [1.807, 2.05) is 43.0 Å². The van der Waals surface area contributed by atoms with Gasteiger partial charge in [-0.2, -0.15) is 0 Å². The van der Waals surface area contributed by atoms with Crippen molar-refractivity contribution in [3.63, 3.8) is 0 Å². The SMILES string of the molecule is CCN(c1ccc(CO)cc1)C(C)C(=O)OC. The third-order valence-corrected chi connectivity index (χ3v) is 2.80. The number of hydrogen-bond donors (Lipinski definition) is 1. The molecule has 0 aliphatic carbocycles. The lowest BCUT2D eigenvalue weighted by Gasteiger charge is -2.28. The van der Waals surface area contributed by atoms with E-state index in [2.05, 4.69) is 0 Å². The number of methoxy groups -OCH3 is 1. The molecule has 1 atom stereocenters. The average molecular weight is 237 g/mol. The molecule has 4 heteroatoms. The van der Waals surface area contributed by atoms with Crippen molar-refractivity contribution in [2.75, 3.05) is 18.6 Å². The van der Waals surface area contributed by atoms with Gasteiger partial charge >= 0.3 is 5.97 Å². The molecule has 1 unspecified atom stereocenters. The minimum atomic E-state index is -0.315. The van der Waals surface area contributed by atoms with Crippen LogP contribution in [0.15, 0.2) is 24.3 Å². The Morgan fingerprint density at radius 2 is 2.00 bits per heavy atom. The van der Waals surface area contributed by atoms with Crippen molar-refractivity contribution in [2.24, 2.45) is 0 Å². The van der Waals surface area contributed by atoms with Crippen LogP contribution in [0.25, 0.3) is 0 Å². The fourth-order valence-electron chi connectivity index (χ4n) is 1.77. The van der Waals surface area contributed by atoms with Crippen molar-refractivity contribution in [3.8, 4) is 0 Å². The maximum atomic E-state index is 11.5. The standard InChI is InChI=1S/C13H19NO3/c1-4-14(10(2)13(16)17-3)12-7-5-11(9-15)6-8-12/h5-8,10,15H,4,9H2,1-3H3. The molecule has 1 aromatic carbocycles. The van der Waals surface area contributed by atoms with E-state index >= 15 is 0 Å². The van der Waals surface area contributed by atoms with E-state index in [0.717, 1.165) is 17.8 Å². The molecular formula is C13H19NO3. The van der Waals surface area contributed by atoms with E-state index in [-0.39, 0.29) is 18.6 Å². The van der Waals surface area contributed by atoms with E-state index < -0.39 is 0 Å². The van der Waals surface area contributed by atoms with Gasteiger partial charge in [0.05, 0.1) is 13.7 Å². The number of ether oxygens (including phenoxy) is 1. The van der Waals surface area contributed by atoms with Crippen LogP contribution in [0.5, 0.6) is 0 Å². The number of carbonyl (C=O) groups is 1. The number of rotatable bonds is 5. The van der Waals surface area contributed by atoms with Crippen LogP contribution in [0, 0.1) is 0 Å². The van der Waals surface area contributed by atoms with Gasteiger partial charge < -0.3 is 14.7 Å². The van der Waals surface area contributed by atoms with E-state index in [9.17, 15) is 4.79 Å². The van der Waals surface area contributed by atoms with Gasteiger partial charge in [-0.15, -0.1) is 0 Å². The quantitative estimate of drug-likeness (QED) is 0.790. The second-order valence-corrected chi connectivity index (χ2v) is 3.81. The summed E-state index contributed by atoms with van der Waals surface area (Å²) < 4.78 is 4.74. The maximum Gasteiger partial charge on any atom is 0.328 e. The fraction of sp³-hybridized carbons (Fsp3) is 0.462. The molecule has 0 spiro atoms. The molecule has 0 saturated carbocycles. The molecule has 0 radical (unpaired) electrons. The van der Waals surface area contributed by atoms with Crippen molar-refractivity contribution in [1.29, 1.82) is 0 Å². The molecule has 1 rings (SSSR count). The van der Waals surface area contributed by atoms with Gasteiger partial charge in [0.2, 0.25) is 0 Å². The van der Waals surface area contributed by atoms with Crippen LogP contribution in [0.4, 0.5) is 5.69 Å². The van der Waals surface area contributed by atoms with Crippen LogP contribution in [0.1, 0.15) is 19.4 Å². The predicted octanol–water partition coefficient (Wildman–Crippen LogP) is 1.57. The Balaban J connectivity index is 2.89. The molecule has 94 valence electrons. The zero-order valence-corrected chi connectivity index (χ0v) is 10.5. The molecule has 0 saturated heterocycles. The number of nitrogens with zero attached hydrogens (tertiary/aromatic N) is 1. The topological polar surface area (TPSA) is 49.8 Å². The Morgan fingerprint density at radius 1 is 1.41 bits per heavy atom. The van der Waals surface area contributed by atoms with E-state index in [0.29, 0.717) is 0 Å². The highest BCUT2D eigenvalue weighted by atomic mass is 16.5. The number of aliphatic hydroxyl groups excluding tert-OH is 1. The molecule has 0 aliphatic rings. The molecule has 4 nitrogen and oxygen atoms in total. The van der Waals surface area contributed by atoms with Crippen molar-refractivity contribution in [2.45, 2.75) is 26.5 Å². The highest BCUT2D eigenvalue weighted by molar-refractivity contribution is 5.79. The van der Waals surface area contributed by atoms with E-state index in [1.54, 1.807) is 0 Å². The number of likely N-dealkylation sites (N-methyl/N-ethyl adjacent to an activating group) is 1. The molecular weight excluding hydrogens is 218 g/mol. The van der Waals surface area contributed by atoms with Gasteiger partial charge in [-0.1, -0.05) is 12.1 Å². The zero-order valence-electron chi connectivity index (χ0n) is 10.5. The Bertz CT molecular complexity index is 361. The van der Waals surface area contributed by atoms with Crippen molar-refractivity contribution >= 4 is 11.7 Å². The van der Waals surface area contributed by atoms with Gasteiger partial charge in [0.1, 0.15) is 6.04 Å². The summed E-state index contributed by atoms with van der Waals surface area (Å²) in [5.74, 6) is -0.252. The highest BCUT2D eigenvalue weighted by Crippen LogP contribution is 2.18. The lowest BCUT2D eigenvalue weighted by Crippen LogP contribution is -2.39. The summed E-state index contributed by atoms with van der Waals surface area (Å²) in [6.07, 6.45) is 0. The largest absolute Gasteiger partial charge is 0.467 e. The van der Waals surface area contributed by atoms with Gasteiger partial charge in [-0.05, 0) is 31.5 Å². The summed E-state index contributed by atoms with van der Waals surface area (Å²) in [6, 6.07) is 7.18. The molecule has 0 bridgehead atoms. The Hall–Kier alpha value is -1.55. The van der Waals surface area contributed by atoms with Crippen LogP contribution in [-0.2, 0) is 16.1 Å². The van der Waals surface area contributed by atoms with E-state index in [4.69, 9.17) is 9.84 Å². The number of hydrogen-bond acceptors (Lipinski definition) is 4. The summed E-state index contributed by atoms with van der Waals surface area (Å²) >= 11 is 0. The Labute approximate surface area is 102 Å². The van der Waals surface area contributed by atoms with Gasteiger partial charge in [0.25, 0.3) is 0 Å². The summed E-state index contributed by atoms with van der Waals surface area (Å²) in [5, 5.41) is 8.97. The minimum Gasteiger partial charge on any atom is -0.467 e. The normalized spacial score (nSPS) is 12.0. The van der Waals surface area contributed by atoms with Crippen LogP contribution in [0.3, 0.4) is 0 Å². The molecule has 0 aromatic heterocycles. The van der Waals surface area contributed by atoms with E-state index in [1.165, 1.54) is 7.11 Å². The summed E-state index contributed by atoms with van der Waals surface area (Å²) in [7, 11) is 1.39. The van der Waals surface area contributed by atoms with Gasteiger partial charge in [0, 0.05) is 12.2 Å². The third kappa shape index (κ3) is 3.20. The number of carbonyl (C=O) groups excluding carboxylic acids is 1. The fourth-order valence-corrected chi connectivity index (χ4v) is 1.77. The Morgan fingerprint density at radius 3 is 2.41 bits per heavy atom. The summed E-state index contributed by atoms with van der Waals surface area (Å²) in [6.45, 7) is 4.54. The average Bonchev–Trinajstić information content (AvgIpc) is 2.39. The molecule has 17 heavy (non-hydrogen) atoms. The predicted molar refractivity (Wildman–Crippen MR) is 66.9 cm³/mol. The summed E-state index contributed by atoms with van der Waals surface area (Å²) in [5.41, 5.74) is 1.80. The third-order valence-electron chi connectivity index (χ3n) is 2.80. The number of benzene rings is 1. The van der Waals surface area contributed by atoms with Gasteiger partial charge in [-0.25, -0.2) is 4.79 Å². The van der Waals surface area contributed by atoms with Crippen molar-refractivity contribution in [3.05, 3.63) is 29.8 Å². The second-order valence-electron chi connectivity index (χ2n) is 3.81. The molecule has 0 amide bonds. The lowest BCUT2D eigenvalue weighted by molar-refractivity contribution is -0.141. The lowest BCUT2D eigenvalue weighted by atomic mass is 10.1. The number of anilines is 1. The first-order chi connectivity index (χ1) is 8.13. The Kier molecular flexibility index (Phi) is 4.97. The first-order valence-electron chi connectivity index (χ1n) is 5.68. The first kappa shape index (κ1) is 13.5. The molecule has 1 aromatic rings. The van der Waals surface area contributed by atoms with Crippen LogP contribution in [-0.4, -0.2) is 30.8 Å². The molecule has 1 N–H and O–H groups in total. The highest BCUT2D eigenvalue weighted by Gasteiger charge is 2.20. The maximum absolute atomic E-state index is 11.5. The first-order valence-corrected chi connectivity index (χ1v) is 5.68. The monoisotopic (exact) mass is 237 g/mol. The van der Waals surface area contributed by atoms with Crippen LogP contribution in [0.2, 0.25) is 0 Å². The van der Waals surface area contributed by atoms with Gasteiger partial charge in [-0.3, -0.25) is 0 Å². The zero-order chi connectivity index (χ0) is 12.8. The van der Waals surface area contributed by atoms with Crippen LogP contribution >= 0.6 is 0 Å². The van der Waals surface area contributed by atoms with Crippen molar-refractivity contribution in [1.82, 2.24) is 0 Å². The number of aliphatic hydroxyl groups is 1. The smallest absolute Gasteiger partial charge is 0.328 e. The molecule has 0 fully saturated rings. The number of esters is 1. The molecule has 0 heterocycles. The molecule has 0 aliphatic heterocycles.